The van der Waals surface area contributed by atoms with Gasteiger partial charge in [0.2, 0.25) is 0 Å². The molecule has 1 aliphatic carbocycles. The molecule has 0 saturated heterocycles. The summed E-state index contributed by atoms with van der Waals surface area (Å²) in [4.78, 5) is 12.1. The van der Waals surface area contributed by atoms with E-state index in [2.05, 4.69) is 29.6 Å². The highest BCUT2D eigenvalue weighted by Crippen LogP contribution is 2.44. The molecule has 5 heteroatoms. The average molecular weight is 402 g/mol. The Balaban J connectivity index is 1.27. The molecule has 1 amide bonds. The van der Waals surface area contributed by atoms with Gasteiger partial charge in [0.25, 0.3) is 0 Å². The van der Waals surface area contributed by atoms with Crippen molar-refractivity contribution in [2.75, 3.05) is 18.9 Å². The number of halogens is 1. The number of alkyl carbamates (subject to hydrolysis) is 1. The Morgan fingerprint density at radius 3 is 2.37 bits per heavy atom. The maximum Gasteiger partial charge on any atom is 0.407 e. The van der Waals surface area contributed by atoms with Gasteiger partial charge in [-0.25, -0.2) is 9.18 Å². The van der Waals surface area contributed by atoms with Crippen molar-refractivity contribution in [2.45, 2.75) is 12.3 Å². The van der Waals surface area contributed by atoms with Gasteiger partial charge < -0.3 is 15.8 Å². The van der Waals surface area contributed by atoms with Crippen LogP contribution in [0.2, 0.25) is 0 Å². The highest BCUT2D eigenvalue weighted by molar-refractivity contribution is 5.79. The Hall–Kier alpha value is -3.60. The van der Waals surface area contributed by atoms with Crippen LogP contribution in [0.3, 0.4) is 0 Å². The summed E-state index contributed by atoms with van der Waals surface area (Å²) in [6, 6.07) is 21.1. The highest BCUT2D eigenvalue weighted by Gasteiger charge is 2.28. The summed E-state index contributed by atoms with van der Waals surface area (Å²) >= 11 is 0. The molecule has 0 bridgehead atoms. The van der Waals surface area contributed by atoms with E-state index in [1.165, 1.54) is 34.4 Å². The predicted molar refractivity (Wildman–Crippen MR) is 118 cm³/mol. The molecule has 1 aliphatic rings. The number of carbonyl (C=O) groups excluding carboxylic acids is 1. The smallest absolute Gasteiger partial charge is 0.407 e. The minimum absolute atomic E-state index is 0.0449. The molecule has 0 unspecified atom stereocenters. The molecular formula is C25H23FN2O2. The Bertz CT molecular complexity index is 1050. The summed E-state index contributed by atoms with van der Waals surface area (Å²) < 4.78 is 18.9. The minimum atomic E-state index is -0.441. The number of nitrogens with one attached hydrogen (secondary N) is 1. The van der Waals surface area contributed by atoms with E-state index in [9.17, 15) is 9.18 Å². The van der Waals surface area contributed by atoms with Crippen molar-refractivity contribution in [2.24, 2.45) is 0 Å². The van der Waals surface area contributed by atoms with Crippen LogP contribution in [0.5, 0.6) is 0 Å². The molecule has 30 heavy (non-hydrogen) atoms. The summed E-state index contributed by atoms with van der Waals surface area (Å²) in [7, 11) is 0. The van der Waals surface area contributed by atoms with Crippen molar-refractivity contribution in [1.29, 1.82) is 0 Å². The molecule has 0 heterocycles. The van der Waals surface area contributed by atoms with Gasteiger partial charge in [0.15, 0.2) is 0 Å². The lowest BCUT2D eigenvalue weighted by molar-refractivity contribution is 0.143. The van der Waals surface area contributed by atoms with Crippen molar-refractivity contribution in [1.82, 2.24) is 5.32 Å². The number of rotatable bonds is 6. The first-order valence-electron chi connectivity index (χ1n) is 9.94. The van der Waals surface area contributed by atoms with Crippen LogP contribution in [0, 0.1) is 5.82 Å². The maximum atomic E-state index is 13.4. The van der Waals surface area contributed by atoms with Crippen LogP contribution >= 0.6 is 0 Å². The van der Waals surface area contributed by atoms with E-state index < -0.39 is 11.9 Å². The number of ether oxygens (including phenoxy) is 1. The topological polar surface area (TPSA) is 64.3 Å². The molecule has 4 nitrogen and oxygen atoms in total. The molecule has 0 aromatic heterocycles. The predicted octanol–water partition coefficient (Wildman–Crippen LogP) is 5.35. The standard InChI is InChI=1S/C25H23FN2O2/c26-23-15-17(12-13-24(23)27)7-5-6-14-28-25(29)30-16-22-20-10-3-1-8-18(20)19-9-2-4-11-21(19)22/h1-5,7-13,15,22H,6,14,16,27H2,(H,28,29). The Morgan fingerprint density at radius 2 is 1.70 bits per heavy atom. The summed E-state index contributed by atoms with van der Waals surface area (Å²) in [5, 5.41) is 2.75. The van der Waals surface area contributed by atoms with Gasteiger partial charge in [-0.05, 0) is 46.4 Å². The molecule has 3 aromatic carbocycles. The average Bonchev–Trinajstić information content (AvgIpc) is 3.08. The number of amides is 1. The van der Waals surface area contributed by atoms with Gasteiger partial charge in [-0.2, -0.15) is 0 Å². The Kier molecular flexibility index (Phi) is 5.80. The van der Waals surface area contributed by atoms with E-state index in [4.69, 9.17) is 10.5 Å². The second-order valence-corrected chi connectivity index (χ2v) is 7.22. The molecule has 3 aromatic rings. The van der Waals surface area contributed by atoms with Crippen molar-refractivity contribution in [3.05, 3.63) is 95.3 Å². The molecule has 4 rings (SSSR count). The van der Waals surface area contributed by atoms with Gasteiger partial charge >= 0.3 is 6.09 Å². The molecule has 152 valence electrons. The number of carbonyl (C=O) groups is 1. The van der Waals surface area contributed by atoms with Gasteiger partial charge in [-0.3, -0.25) is 0 Å². The van der Waals surface area contributed by atoms with Crippen LogP contribution in [0.1, 0.15) is 29.0 Å². The van der Waals surface area contributed by atoms with Crippen LogP contribution in [0.4, 0.5) is 14.9 Å². The van der Waals surface area contributed by atoms with Crippen LogP contribution in [-0.2, 0) is 4.74 Å². The second kappa shape index (κ2) is 8.82. The molecule has 0 radical (unpaired) electrons. The summed E-state index contributed by atoms with van der Waals surface area (Å²) in [6.45, 7) is 0.727. The zero-order chi connectivity index (χ0) is 20.9. The third-order valence-corrected chi connectivity index (χ3v) is 5.26. The van der Waals surface area contributed by atoms with E-state index in [0.29, 0.717) is 19.6 Å². The lowest BCUT2D eigenvalue weighted by Gasteiger charge is -2.14. The first kappa shape index (κ1) is 19.7. The lowest BCUT2D eigenvalue weighted by atomic mass is 9.98. The fourth-order valence-corrected chi connectivity index (χ4v) is 3.77. The molecule has 0 spiro atoms. The molecule has 0 atom stereocenters. The first-order valence-corrected chi connectivity index (χ1v) is 9.94. The summed E-state index contributed by atoms with van der Waals surface area (Å²) in [5.74, 6) is -0.391. The maximum absolute atomic E-state index is 13.4. The number of anilines is 1. The van der Waals surface area contributed by atoms with Crippen molar-refractivity contribution in [3.8, 4) is 11.1 Å². The van der Waals surface area contributed by atoms with E-state index in [1.54, 1.807) is 12.1 Å². The summed E-state index contributed by atoms with van der Waals surface area (Å²) in [6.07, 6.45) is 3.83. The van der Waals surface area contributed by atoms with E-state index in [-0.39, 0.29) is 11.6 Å². The Morgan fingerprint density at radius 1 is 1.03 bits per heavy atom. The van der Waals surface area contributed by atoms with Crippen LogP contribution in [0.15, 0.2) is 72.8 Å². The zero-order valence-electron chi connectivity index (χ0n) is 16.5. The number of hydrogen-bond acceptors (Lipinski definition) is 3. The van der Waals surface area contributed by atoms with Crippen molar-refractivity contribution >= 4 is 17.9 Å². The highest BCUT2D eigenvalue weighted by atomic mass is 19.1. The van der Waals surface area contributed by atoms with Crippen LogP contribution < -0.4 is 11.1 Å². The van der Waals surface area contributed by atoms with Crippen LogP contribution in [-0.4, -0.2) is 19.2 Å². The molecule has 3 N–H and O–H groups in total. The quantitative estimate of drug-likeness (QED) is 0.431. The SMILES string of the molecule is Nc1ccc(C=CCCNC(=O)OCC2c3ccccc3-c3ccccc32)cc1F. The number of hydrogen-bond donors (Lipinski definition) is 2. The molecule has 0 saturated carbocycles. The number of nitrogens with two attached hydrogens (primary N) is 1. The van der Waals surface area contributed by atoms with E-state index in [0.717, 1.165) is 5.56 Å². The fourth-order valence-electron chi connectivity index (χ4n) is 3.77. The normalized spacial score (nSPS) is 12.6. The second-order valence-electron chi connectivity index (χ2n) is 7.22. The fraction of sp³-hybridized carbons (Fsp3) is 0.160. The first-order chi connectivity index (χ1) is 14.6. The van der Waals surface area contributed by atoms with Gasteiger partial charge in [-0.1, -0.05) is 66.7 Å². The van der Waals surface area contributed by atoms with Gasteiger partial charge in [0, 0.05) is 12.5 Å². The third kappa shape index (κ3) is 4.20. The zero-order valence-corrected chi connectivity index (χ0v) is 16.5. The van der Waals surface area contributed by atoms with Crippen LogP contribution in [0.25, 0.3) is 17.2 Å². The lowest BCUT2D eigenvalue weighted by Crippen LogP contribution is -2.26. The number of fused-ring (bicyclic) bond motifs is 3. The number of nitrogen functional groups attached to an aromatic ring is 1. The molecule has 0 aliphatic heterocycles. The van der Waals surface area contributed by atoms with E-state index in [1.807, 2.05) is 30.3 Å². The Labute approximate surface area is 175 Å². The number of benzene rings is 3. The van der Waals surface area contributed by atoms with Crippen molar-refractivity contribution in [3.63, 3.8) is 0 Å². The monoisotopic (exact) mass is 402 g/mol. The van der Waals surface area contributed by atoms with Gasteiger partial charge in [0.1, 0.15) is 12.4 Å². The molecule has 0 fully saturated rings. The third-order valence-electron chi connectivity index (χ3n) is 5.26. The largest absolute Gasteiger partial charge is 0.449 e. The van der Waals surface area contributed by atoms with Crippen molar-refractivity contribution < 1.29 is 13.9 Å². The van der Waals surface area contributed by atoms with E-state index >= 15 is 0 Å². The summed E-state index contributed by atoms with van der Waals surface area (Å²) in [5.41, 5.74) is 11.1. The van der Waals surface area contributed by atoms with Gasteiger partial charge in [0.05, 0.1) is 5.69 Å². The molecular weight excluding hydrogens is 379 g/mol. The minimum Gasteiger partial charge on any atom is -0.449 e. The van der Waals surface area contributed by atoms with Gasteiger partial charge in [-0.15, -0.1) is 0 Å².